The fourth-order valence-corrected chi connectivity index (χ4v) is 6.11. The lowest BCUT2D eigenvalue weighted by molar-refractivity contribution is 1.48. The molecule has 0 nitrogen and oxygen atoms in total. The minimum absolute atomic E-state index is 1.31. The summed E-state index contributed by atoms with van der Waals surface area (Å²) < 4.78 is 0. The van der Waals surface area contributed by atoms with E-state index in [-0.39, 0.29) is 0 Å². The fourth-order valence-electron chi connectivity index (χ4n) is 2.98. The van der Waals surface area contributed by atoms with Crippen LogP contribution in [0.1, 0.15) is 16.7 Å². The van der Waals surface area contributed by atoms with Crippen LogP contribution < -0.4 is 15.9 Å². The highest BCUT2D eigenvalue weighted by Gasteiger charge is 2.39. The van der Waals surface area contributed by atoms with Gasteiger partial charge in [-0.2, -0.15) is 0 Å². The Balaban J connectivity index is 2.21. The van der Waals surface area contributed by atoms with Crippen LogP contribution in [0.2, 0.25) is 0 Å². The topological polar surface area (TPSA) is 0 Å². The Labute approximate surface area is 140 Å². The highest BCUT2D eigenvalue weighted by Crippen LogP contribution is 2.51. The molecule has 0 N–H and O–H groups in total. The monoisotopic (exact) mass is 319 g/mol. The van der Waals surface area contributed by atoms with Crippen LogP contribution >= 0.6 is 7.26 Å². The van der Waals surface area contributed by atoms with Crippen molar-refractivity contribution < 1.29 is 0 Å². The van der Waals surface area contributed by atoms with Gasteiger partial charge in [-0.05, 0) is 57.2 Å². The maximum absolute atomic E-state index is 2.44. The highest BCUT2D eigenvalue weighted by molar-refractivity contribution is 7.95. The van der Waals surface area contributed by atoms with E-state index in [0.717, 1.165) is 0 Å². The van der Waals surface area contributed by atoms with Gasteiger partial charge in [0.15, 0.2) is 0 Å². The molecule has 0 radical (unpaired) electrons. The first-order chi connectivity index (χ1) is 11.0. The van der Waals surface area contributed by atoms with Gasteiger partial charge in [-0.25, -0.2) is 0 Å². The summed E-state index contributed by atoms with van der Waals surface area (Å²) in [7, 11) is -1.59. The van der Waals surface area contributed by atoms with Crippen LogP contribution in [0, 0.1) is 20.8 Å². The Hall–Kier alpha value is -1.91. The quantitative estimate of drug-likeness (QED) is 0.622. The van der Waals surface area contributed by atoms with Crippen LogP contribution in [0.25, 0.3) is 0 Å². The lowest BCUT2D eigenvalue weighted by Crippen LogP contribution is -2.30. The molecule has 3 aromatic carbocycles. The summed E-state index contributed by atoms with van der Waals surface area (Å²) >= 11 is 0. The van der Waals surface area contributed by atoms with Crippen molar-refractivity contribution in [2.24, 2.45) is 0 Å². The zero-order chi connectivity index (χ0) is 16.4. The smallest absolute Gasteiger partial charge is 0.0554 e. The second-order valence-corrected chi connectivity index (χ2v) is 10.1. The van der Waals surface area contributed by atoms with Crippen LogP contribution in [0.4, 0.5) is 0 Å². The van der Waals surface area contributed by atoms with E-state index in [1.807, 2.05) is 0 Å². The van der Waals surface area contributed by atoms with E-state index < -0.39 is 7.26 Å². The third kappa shape index (κ3) is 3.09. The molecule has 3 rings (SSSR count). The van der Waals surface area contributed by atoms with Gasteiger partial charge < -0.3 is 0 Å². The largest absolute Gasteiger partial charge is 0.109 e. The summed E-state index contributed by atoms with van der Waals surface area (Å²) in [5, 5.41) is 4.32. The molecule has 0 unspecified atom stereocenters. The molecule has 0 aliphatic heterocycles. The van der Waals surface area contributed by atoms with Gasteiger partial charge in [0, 0.05) is 0 Å². The third-order valence-corrected chi connectivity index (χ3v) is 8.64. The molecule has 0 fully saturated rings. The molecule has 0 amide bonds. The van der Waals surface area contributed by atoms with E-state index >= 15 is 0 Å². The Morgan fingerprint density at radius 1 is 0.435 bits per heavy atom. The molecule has 1 heteroatoms. The maximum Gasteiger partial charge on any atom is 0.109 e. The lowest BCUT2D eigenvalue weighted by atomic mass is 10.2. The van der Waals surface area contributed by atoms with Gasteiger partial charge in [-0.3, -0.25) is 0 Å². The average molecular weight is 319 g/mol. The molecular formula is C22H24P+. The summed E-state index contributed by atoms with van der Waals surface area (Å²) in [5.74, 6) is 0. The van der Waals surface area contributed by atoms with Crippen molar-refractivity contribution in [3.8, 4) is 0 Å². The van der Waals surface area contributed by atoms with E-state index in [0.29, 0.717) is 0 Å². The van der Waals surface area contributed by atoms with Crippen LogP contribution in [-0.4, -0.2) is 6.66 Å². The normalized spacial score (nSPS) is 11.5. The highest BCUT2D eigenvalue weighted by atomic mass is 31.2. The molecular weight excluding hydrogens is 295 g/mol. The molecule has 0 aliphatic rings. The van der Waals surface area contributed by atoms with Crippen LogP contribution in [0.3, 0.4) is 0 Å². The summed E-state index contributed by atoms with van der Waals surface area (Å²) in [6, 6.07) is 27.2. The van der Waals surface area contributed by atoms with Gasteiger partial charge in [0.2, 0.25) is 0 Å². The molecule has 0 bridgehead atoms. The van der Waals surface area contributed by atoms with E-state index in [2.05, 4.69) is 100 Å². The first kappa shape index (κ1) is 16.0. The van der Waals surface area contributed by atoms with Gasteiger partial charge in [0.25, 0.3) is 0 Å². The van der Waals surface area contributed by atoms with Gasteiger partial charge in [0.1, 0.15) is 23.2 Å². The van der Waals surface area contributed by atoms with Crippen molar-refractivity contribution in [1.82, 2.24) is 0 Å². The predicted molar refractivity (Wildman–Crippen MR) is 105 cm³/mol. The molecule has 0 saturated heterocycles. The molecule has 0 saturated carbocycles. The van der Waals surface area contributed by atoms with E-state index in [1.165, 1.54) is 32.6 Å². The Morgan fingerprint density at radius 3 is 0.870 bits per heavy atom. The summed E-state index contributed by atoms with van der Waals surface area (Å²) in [6.07, 6.45) is 0. The van der Waals surface area contributed by atoms with E-state index in [4.69, 9.17) is 0 Å². The van der Waals surface area contributed by atoms with Gasteiger partial charge in [0.05, 0.1) is 6.66 Å². The third-order valence-electron chi connectivity index (χ3n) is 4.65. The molecule has 0 atom stereocenters. The zero-order valence-corrected chi connectivity index (χ0v) is 15.3. The van der Waals surface area contributed by atoms with Crippen molar-refractivity contribution in [1.29, 1.82) is 0 Å². The maximum atomic E-state index is 2.44. The van der Waals surface area contributed by atoms with Gasteiger partial charge >= 0.3 is 0 Å². The second-order valence-electron chi connectivity index (χ2n) is 6.51. The Kier molecular flexibility index (Phi) is 4.37. The van der Waals surface area contributed by atoms with Crippen LogP contribution in [0.15, 0.2) is 72.8 Å². The van der Waals surface area contributed by atoms with Crippen LogP contribution in [-0.2, 0) is 0 Å². The summed E-state index contributed by atoms with van der Waals surface area (Å²) in [5.41, 5.74) is 3.94. The molecule has 0 spiro atoms. The first-order valence-corrected chi connectivity index (χ1v) is 10.3. The first-order valence-electron chi connectivity index (χ1n) is 8.08. The average Bonchev–Trinajstić information content (AvgIpc) is 2.56. The van der Waals surface area contributed by atoms with Crippen molar-refractivity contribution >= 4 is 23.2 Å². The molecule has 0 heterocycles. The van der Waals surface area contributed by atoms with Crippen molar-refractivity contribution in [2.45, 2.75) is 20.8 Å². The Morgan fingerprint density at radius 2 is 0.652 bits per heavy atom. The van der Waals surface area contributed by atoms with Crippen molar-refractivity contribution in [3.05, 3.63) is 89.5 Å². The predicted octanol–water partition coefficient (Wildman–Crippen LogP) is 4.54. The minimum atomic E-state index is -1.59. The number of rotatable bonds is 3. The summed E-state index contributed by atoms with van der Waals surface area (Å²) in [4.78, 5) is 0. The van der Waals surface area contributed by atoms with E-state index in [1.54, 1.807) is 0 Å². The SMILES string of the molecule is Cc1ccc([P+](C)(c2ccc(C)cc2)c2ccc(C)cc2)cc1. The fraction of sp³-hybridized carbons (Fsp3) is 0.182. The number of benzene rings is 3. The molecule has 116 valence electrons. The number of aryl methyl sites for hydroxylation is 3. The van der Waals surface area contributed by atoms with Gasteiger partial charge in [-0.1, -0.05) is 53.1 Å². The second kappa shape index (κ2) is 6.30. The lowest BCUT2D eigenvalue weighted by Gasteiger charge is -2.23. The molecule has 23 heavy (non-hydrogen) atoms. The van der Waals surface area contributed by atoms with E-state index in [9.17, 15) is 0 Å². The van der Waals surface area contributed by atoms with Crippen molar-refractivity contribution in [3.63, 3.8) is 0 Å². The molecule has 0 aromatic heterocycles. The molecule has 0 aliphatic carbocycles. The van der Waals surface area contributed by atoms with Crippen molar-refractivity contribution in [2.75, 3.05) is 6.66 Å². The summed E-state index contributed by atoms with van der Waals surface area (Å²) in [6.45, 7) is 8.89. The number of hydrogen-bond donors (Lipinski definition) is 0. The van der Waals surface area contributed by atoms with Gasteiger partial charge in [-0.15, -0.1) is 0 Å². The Bertz CT molecular complexity index is 670. The van der Waals surface area contributed by atoms with Crippen LogP contribution in [0.5, 0.6) is 0 Å². The minimum Gasteiger partial charge on any atom is -0.0554 e. The molecule has 3 aromatic rings. The zero-order valence-electron chi connectivity index (χ0n) is 14.4. The number of hydrogen-bond acceptors (Lipinski definition) is 0. The standard InChI is InChI=1S/C22H24P/c1-17-5-11-20(12-6-17)23(4,21-13-7-18(2)8-14-21)22-15-9-19(3)10-16-22/h5-16H,1-4H3/q+1.